The third-order valence-corrected chi connectivity index (χ3v) is 5.03. The monoisotopic (exact) mass is 313 g/mol. The van der Waals surface area contributed by atoms with E-state index in [0.717, 1.165) is 5.56 Å². The van der Waals surface area contributed by atoms with Gasteiger partial charge in [0.2, 0.25) is 4.87 Å². The molecule has 2 atom stereocenters. The molecule has 2 bridgehead atoms. The van der Waals surface area contributed by atoms with Gasteiger partial charge in [-0.15, -0.1) is 0 Å². The maximum Gasteiger partial charge on any atom is 0.409 e. The average Bonchev–Trinajstić information content (AvgIpc) is 2.49. The number of alkyl carbamates (subject to hydrolysis) is 1. The van der Waals surface area contributed by atoms with E-state index in [4.69, 9.17) is 9.47 Å². The standard InChI is InChI=1S/C13H15NO5S.CH4/c1-3-13(11(15)18-2)14-12(16)19-8-9-4-6-10(7-5-9)20(13)17;/h4-7H,3,8H2,1-2H3,(H,14,16);1H4/t13?,20-;/m1./s1. The number of esters is 1. The molecule has 0 fully saturated rings. The largest absolute Gasteiger partial charge is 0.467 e. The number of fused-ring (bicyclic) bond motifs is 7. The van der Waals surface area contributed by atoms with Crippen molar-refractivity contribution in [1.82, 2.24) is 5.32 Å². The minimum atomic E-state index is -1.79. The van der Waals surface area contributed by atoms with E-state index in [1.807, 2.05) is 0 Å². The molecule has 0 radical (unpaired) electrons. The summed E-state index contributed by atoms with van der Waals surface area (Å²) in [6.07, 6.45) is -0.684. The van der Waals surface area contributed by atoms with E-state index in [1.165, 1.54) is 7.11 Å². The summed E-state index contributed by atoms with van der Waals surface area (Å²) in [5.41, 5.74) is 0.781. The number of rotatable bonds is 2. The number of benzene rings is 1. The zero-order chi connectivity index (χ0) is 14.8. The highest BCUT2D eigenvalue weighted by molar-refractivity contribution is 7.87. The minimum Gasteiger partial charge on any atom is -0.467 e. The molecule has 2 aliphatic heterocycles. The van der Waals surface area contributed by atoms with E-state index in [1.54, 1.807) is 31.2 Å². The van der Waals surface area contributed by atoms with E-state index in [9.17, 15) is 13.8 Å². The maximum atomic E-state index is 12.7. The fourth-order valence-electron chi connectivity index (χ4n) is 1.96. The Balaban J connectivity index is 0.00000220. The van der Waals surface area contributed by atoms with Gasteiger partial charge in [-0.05, 0) is 24.1 Å². The lowest BCUT2D eigenvalue weighted by Crippen LogP contribution is -2.57. The highest BCUT2D eigenvalue weighted by Crippen LogP contribution is 2.26. The molecule has 0 spiro atoms. The number of carbonyl (C=O) groups is 2. The van der Waals surface area contributed by atoms with Gasteiger partial charge in [-0.1, -0.05) is 26.5 Å². The Hall–Kier alpha value is -1.89. The number of hydrogen-bond acceptors (Lipinski definition) is 5. The fraction of sp³-hybridized carbons (Fsp3) is 0.429. The molecular weight excluding hydrogens is 294 g/mol. The Labute approximate surface area is 126 Å². The first-order valence-corrected chi connectivity index (χ1v) is 7.22. The summed E-state index contributed by atoms with van der Waals surface area (Å²) >= 11 is 0. The van der Waals surface area contributed by atoms with E-state index >= 15 is 0 Å². The zero-order valence-corrected chi connectivity index (χ0v) is 12.0. The van der Waals surface area contributed by atoms with Gasteiger partial charge < -0.3 is 9.47 Å². The Kier molecular flexibility index (Phi) is 5.48. The van der Waals surface area contributed by atoms with Crippen LogP contribution >= 0.6 is 0 Å². The second-order valence-corrected chi connectivity index (χ2v) is 5.99. The zero-order valence-electron chi connectivity index (χ0n) is 11.2. The van der Waals surface area contributed by atoms with Gasteiger partial charge in [-0.25, -0.2) is 9.59 Å². The fourth-order valence-corrected chi connectivity index (χ4v) is 3.42. The van der Waals surface area contributed by atoms with Crippen molar-refractivity contribution >= 4 is 22.9 Å². The van der Waals surface area contributed by atoms with Gasteiger partial charge in [0, 0.05) is 4.90 Å². The maximum absolute atomic E-state index is 12.7. The highest BCUT2D eigenvalue weighted by Gasteiger charge is 2.47. The summed E-state index contributed by atoms with van der Waals surface area (Å²) < 4.78 is 22.4. The summed E-state index contributed by atoms with van der Waals surface area (Å²) in [4.78, 5) is 22.6. The molecule has 116 valence electrons. The smallest absolute Gasteiger partial charge is 0.409 e. The van der Waals surface area contributed by atoms with Crippen LogP contribution in [0, 0.1) is 0 Å². The lowest BCUT2D eigenvalue weighted by molar-refractivity contribution is -0.144. The van der Waals surface area contributed by atoms with Gasteiger partial charge in [0.05, 0.1) is 17.9 Å². The molecule has 1 aromatic rings. The van der Waals surface area contributed by atoms with Gasteiger partial charge >= 0.3 is 12.1 Å². The van der Waals surface area contributed by atoms with Crippen molar-refractivity contribution in [3.8, 4) is 0 Å². The second kappa shape index (κ2) is 6.71. The van der Waals surface area contributed by atoms with Crippen molar-refractivity contribution in [2.75, 3.05) is 7.11 Å². The number of ether oxygens (including phenoxy) is 2. The van der Waals surface area contributed by atoms with E-state index < -0.39 is 27.7 Å². The van der Waals surface area contributed by atoms with Gasteiger partial charge in [0.1, 0.15) is 6.61 Å². The summed E-state index contributed by atoms with van der Waals surface area (Å²) in [5.74, 6) is -0.764. The first-order valence-electron chi connectivity index (χ1n) is 6.07. The van der Waals surface area contributed by atoms with Crippen LogP contribution in [0.3, 0.4) is 0 Å². The average molecular weight is 313 g/mol. The van der Waals surface area contributed by atoms with Gasteiger partial charge in [0.25, 0.3) is 0 Å². The van der Waals surface area contributed by atoms with Crippen molar-refractivity contribution in [3.63, 3.8) is 0 Å². The van der Waals surface area contributed by atoms with E-state index in [0.29, 0.717) is 4.90 Å². The highest BCUT2D eigenvalue weighted by atomic mass is 32.2. The molecule has 21 heavy (non-hydrogen) atoms. The Morgan fingerprint density at radius 2 is 2.05 bits per heavy atom. The molecule has 1 N–H and O–H groups in total. The molecule has 0 aliphatic carbocycles. The van der Waals surface area contributed by atoms with Crippen LogP contribution < -0.4 is 5.32 Å². The van der Waals surface area contributed by atoms with Crippen LogP contribution in [-0.4, -0.2) is 28.3 Å². The van der Waals surface area contributed by atoms with Crippen LogP contribution in [0.1, 0.15) is 26.3 Å². The van der Waals surface area contributed by atoms with Crippen LogP contribution in [0.4, 0.5) is 4.79 Å². The van der Waals surface area contributed by atoms with Crippen molar-refractivity contribution < 1.29 is 23.3 Å². The number of nitrogens with one attached hydrogen (secondary N) is 1. The molecule has 1 amide bonds. The number of amides is 1. The van der Waals surface area contributed by atoms with Crippen LogP contribution in [0.25, 0.3) is 0 Å². The Bertz CT molecular complexity index is 557. The summed E-state index contributed by atoms with van der Waals surface area (Å²) in [5, 5.41) is 2.40. The normalized spacial score (nSPS) is 24.3. The molecule has 2 heterocycles. The SMILES string of the molecule is C.CCC1(C(=O)OC)NC(=O)OCc2ccc(cc2)[S@]1=O. The van der Waals surface area contributed by atoms with Gasteiger partial charge in [-0.2, -0.15) is 0 Å². The quantitative estimate of drug-likeness (QED) is 0.844. The summed E-state index contributed by atoms with van der Waals surface area (Å²) in [7, 11) is -0.605. The van der Waals surface area contributed by atoms with Crippen LogP contribution in [0.5, 0.6) is 0 Å². The van der Waals surface area contributed by atoms with Crippen molar-refractivity contribution in [2.24, 2.45) is 0 Å². The van der Waals surface area contributed by atoms with Crippen molar-refractivity contribution in [3.05, 3.63) is 29.8 Å². The molecule has 3 rings (SSSR count). The lowest BCUT2D eigenvalue weighted by atomic mass is 10.2. The molecule has 7 heteroatoms. The van der Waals surface area contributed by atoms with Crippen molar-refractivity contribution in [1.29, 1.82) is 0 Å². The molecule has 0 aromatic heterocycles. The Morgan fingerprint density at radius 3 is 2.57 bits per heavy atom. The first kappa shape index (κ1) is 17.2. The summed E-state index contributed by atoms with van der Waals surface area (Å²) in [6.45, 7) is 1.73. The minimum absolute atomic E-state index is 0. The third kappa shape index (κ3) is 3.07. The van der Waals surface area contributed by atoms with E-state index in [-0.39, 0.29) is 20.5 Å². The molecule has 0 saturated heterocycles. The van der Waals surface area contributed by atoms with Crippen LogP contribution in [0.15, 0.2) is 29.2 Å². The predicted molar refractivity (Wildman–Crippen MR) is 77.9 cm³/mol. The number of carbonyl (C=O) groups excluding carboxylic acids is 2. The molecule has 0 saturated carbocycles. The molecule has 2 aliphatic rings. The van der Waals surface area contributed by atoms with Crippen LogP contribution in [-0.2, 0) is 31.7 Å². The number of hydrogen-bond donors (Lipinski definition) is 1. The number of methoxy groups -OCH3 is 1. The van der Waals surface area contributed by atoms with E-state index in [2.05, 4.69) is 5.32 Å². The predicted octanol–water partition coefficient (Wildman–Crippen LogP) is 1.95. The van der Waals surface area contributed by atoms with Crippen molar-refractivity contribution in [2.45, 2.75) is 37.1 Å². The van der Waals surface area contributed by atoms with Crippen LogP contribution in [0.2, 0.25) is 0 Å². The lowest BCUT2D eigenvalue weighted by Gasteiger charge is -2.30. The Morgan fingerprint density at radius 1 is 1.43 bits per heavy atom. The summed E-state index contributed by atoms with van der Waals surface area (Å²) in [6, 6.07) is 6.73. The van der Waals surface area contributed by atoms with Gasteiger partial charge in [0.15, 0.2) is 0 Å². The molecule has 1 unspecified atom stereocenters. The first-order chi connectivity index (χ1) is 9.53. The second-order valence-electron chi connectivity index (χ2n) is 4.29. The molecule has 6 nitrogen and oxygen atoms in total. The molecular formula is C14H19NO5S. The molecule has 1 aromatic carbocycles. The third-order valence-electron chi connectivity index (χ3n) is 3.14. The van der Waals surface area contributed by atoms with Gasteiger partial charge in [-0.3, -0.25) is 9.53 Å². The topological polar surface area (TPSA) is 81.7 Å².